The average Bonchev–Trinajstić information content (AvgIpc) is 2.86. The molecule has 0 amide bonds. The molecular weight excluding hydrogens is 470 g/mol. The molecule has 2 unspecified atom stereocenters. The first-order valence-corrected chi connectivity index (χ1v) is 12.4. The van der Waals surface area contributed by atoms with E-state index in [-0.39, 0.29) is 17.9 Å². The number of hydrogen-bond acceptors (Lipinski definition) is 7. The molecular formula is C29H37N3O5. The van der Waals surface area contributed by atoms with Crippen LogP contribution in [0.25, 0.3) is 11.1 Å². The lowest BCUT2D eigenvalue weighted by molar-refractivity contribution is -0.141. The summed E-state index contributed by atoms with van der Waals surface area (Å²) in [5.74, 6) is 0.496. The van der Waals surface area contributed by atoms with Crippen LogP contribution in [0.3, 0.4) is 0 Å². The highest BCUT2D eigenvalue weighted by Gasteiger charge is 2.28. The van der Waals surface area contributed by atoms with Crippen molar-refractivity contribution in [3.63, 3.8) is 0 Å². The number of nitrogens with zero attached hydrogens (tertiary/aromatic N) is 2. The van der Waals surface area contributed by atoms with Crippen molar-refractivity contribution in [3.8, 4) is 16.9 Å². The minimum Gasteiger partial charge on any atom is -0.496 e. The SMILES string of the molecule is COC(=O)C[C@H](NC(O)C(CC(C)C)n1ccc(C)cc1=O)c1cncc(-c2c(C)cccc2OC)c1. The van der Waals surface area contributed by atoms with Crippen LogP contribution in [0.15, 0.2) is 59.8 Å². The Morgan fingerprint density at radius 1 is 1.14 bits per heavy atom. The second kappa shape index (κ2) is 12.7. The Morgan fingerprint density at radius 3 is 2.54 bits per heavy atom. The smallest absolute Gasteiger partial charge is 0.307 e. The van der Waals surface area contributed by atoms with Gasteiger partial charge in [-0.05, 0) is 61.1 Å². The van der Waals surface area contributed by atoms with Gasteiger partial charge in [0, 0.05) is 41.8 Å². The maximum Gasteiger partial charge on any atom is 0.307 e. The maximum atomic E-state index is 12.8. The summed E-state index contributed by atoms with van der Waals surface area (Å²) in [7, 11) is 2.95. The Labute approximate surface area is 218 Å². The van der Waals surface area contributed by atoms with Gasteiger partial charge in [-0.3, -0.25) is 19.9 Å². The molecule has 0 radical (unpaired) electrons. The predicted octanol–water partition coefficient (Wildman–Crippen LogP) is 4.34. The van der Waals surface area contributed by atoms with Gasteiger partial charge >= 0.3 is 5.97 Å². The third-order valence-electron chi connectivity index (χ3n) is 6.41. The van der Waals surface area contributed by atoms with Gasteiger partial charge in [-0.1, -0.05) is 26.0 Å². The molecule has 2 aromatic heterocycles. The maximum absolute atomic E-state index is 12.8. The van der Waals surface area contributed by atoms with Gasteiger partial charge < -0.3 is 19.1 Å². The fourth-order valence-corrected chi connectivity index (χ4v) is 4.55. The number of aliphatic hydroxyl groups is 1. The molecule has 3 aromatic rings. The number of aliphatic hydroxyl groups excluding tert-OH is 1. The third kappa shape index (κ3) is 7.05. The summed E-state index contributed by atoms with van der Waals surface area (Å²) in [5.41, 5.74) is 4.11. The van der Waals surface area contributed by atoms with Crippen LogP contribution >= 0.6 is 0 Å². The number of nitrogens with one attached hydrogen (secondary N) is 1. The monoisotopic (exact) mass is 507 g/mol. The Kier molecular flexibility index (Phi) is 9.60. The normalized spacial score (nSPS) is 13.7. The fraction of sp³-hybridized carbons (Fsp3) is 0.414. The first-order valence-electron chi connectivity index (χ1n) is 12.4. The summed E-state index contributed by atoms with van der Waals surface area (Å²) >= 11 is 0. The highest BCUT2D eigenvalue weighted by Crippen LogP contribution is 2.34. The van der Waals surface area contributed by atoms with Gasteiger partial charge in [0.2, 0.25) is 0 Å². The van der Waals surface area contributed by atoms with Gasteiger partial charge in [0.25, 0.3) is 5.56 Å². The van der Waals surface area contributed by atoms with Crippen molar-refractivity contribution in [3.05, 3.63) is 82.0 Å². The molecule has 8 nitrogen and oxygen atoms in total. The van der Waals surface area contributed by atoms with Gasteiger partial charge in [-0.25, -0.2) is 0 Å². The number of methoxy groups -OCH3 is 2. The highest BCUT2D eigenvalue weighted by atomic mass is 16.5. The molecule has 0 aliphatic rings. The van der Waals surface area contributed by atoms with E-state index in [9.17, 15) is 14.7 Å². The molecule has 2 N–H and O–H groups in total. The number of rotatable bonds is 11. The van der Waals surface area contributed by atoms with Gasteiger partial charge in [0.1, 0.15) is 12.0 Å². The summed E-state index contributed by atoms with van der Waals surface area (Å²) in [6, 6.07) is 9.98. The number of aryl methyl sites for hydroxylation is 2. The molecule has 0 spiro atoms. The van der Waals surface area contributed by atoms with Crippen LogP contribution in [0.1, 0.15) is 55.5 Å². The topological polar surface area (TPSA) is 103 Å². The fourth-order valence-electron chi connectivity index (χ4n) is 4.55. The van der Waals surface area contributed by atoms with Crippen molar-refractivity contribution in [1.82, 2.24) is 14.9 Å². The molecule has 0 aliphatic carbocycles. The minimum atomic E-state index is -1.12. The largest absolute Gasteiger partial charge is 0.496 e. The first-order chi connectivity index (χ1) is 17.6. The van der Waals surface area contributed by atoms with Crippen LogP contribution < -0.4 is 15.6 Å². The highest BCUT2D eigenvalue weighted by molar-refractivity contribution is 5.74. The molecule has 1 aromatic carbocycles. The first kappa shape index (κ1) is 28.1. The van der Waals surface area contributed by atoms with Crippen LogP contribution in [0.2, 0.25) is 0 Å². The Hall–Kier alpha value is -3.49. The van der Waals surface area contributed by atoms with Crippen molar-refractivity contribution in [2.45, 2.75) is 58.8 Å². The molecule has 2 heterocycles. The molecule has 8 heteroatoms. The zero-order valence-corrected chi connectivity index (χ0v) is 22.4. The van der Waals surface area contributed by atoms with E-state index < -0.39 is 24.3 Å². The van der Waals surface area contributed by atoms with Crippen molar-refractivity contribution >= 4 is 5.97 Å². The number of benzene rings is 1. The van der Waals surface area contributed by atoms with Crippen molar-refractivity contribution < 1.29 is 19.4 Å². The van der Waals surface area contributed by atoms with E-state index in [1.807, 2.05) is 58.0 Å². The number of aromatic nitrogens is 2. The third-order valence-corrected chi connectivity index (χ3v) is 6.41. The van der Waals surface area contributed by atoms with Crippen molar-refractivity contribution in [2.24, 2.45) is 5.92 Å². The number of carbonyl (C=O) groups is 1. The number of esters is 1. The average molecular weight is 508 g/mol. The summed E-state index contributed by atoms with van der Waals surface area (Å²) in [6.07, 6.45) is 4.53. The molecule has 0 aliphatic heterocycles. The van der Waals surface area contributed by atoms with E-state index in [0.717, 1.165) is 22.3 Å². The zero-order valence-electron chi connectivity index (χ0n) is 22.4. The Balaban J connectivity index is 2.00. The van der Waals surface area contributed by atoms with Crippen molar-refractivity contribution in [1.29, 1.82) is 0 Å². The molecule has 0 fully saturated rings. The molecule has 0 bridgehead atoms. The van der Waals surface area contributed by atoms with Gasteiger partial charge in [0.05, 0.1) is 26.7 Å². The molecule has 198 valence electrons. The van der Waals surface area contributed by atoms with E-state index in [1.165, 1.54) is 7.11 Å². The van der Waals surface area contributed by atoms with Gasteiger partial charge in [-0.15, -0.1) is 0 Å². The minimum absolute atomic E-state index is 0.0270. The lowest BCUT2D eigenvalue weighted by atomic mass is 9.96. The van der Waals surface area contributed by atoms with Crippen molar-refractivity contribution in [2.75, 3.05) is 14.2 Å². The lowest BCUT2D eigenvalue weighted by Gasteiger charge is -2.31. The van der Waals surface area contributed by atoms with Gasteiger partial charge in [-0.2, -0.15) is 0 Å². The quantitative estimate of drug-likeness (QED) is 0.294. The summed E-state index contributed by atoms with van der Waals surface area (Å²) in [4.78, 5) is 29.6. The molecule has 3 atom stereocenters. The predicted molar refractivity (Wildman–Crippen MR) is 143 cm³/mol. The van der Waals surface area contributed by atoms with Crippen LogP contribution in [-0.2, 0) is 9.53 Å². The van der Waals surface area contributed by atoms with E-state index in [4.69, 9.17) is 9.47 Å². The molecule has 0 saturated heterocycles. The van der Waals surface area contributed by atoms with E-state index in [2.05, 4.69) is 10.3 Å². The lowest BCUT2D eigenvalue weighted by Crippen LogP contribution is -2.43. The second-order valence-electron chi connectivity index (χ2n) is 9.75. The second-order valence-corrected chi connectivity index (χ2v) is 9.75. The molecule has 3 rings (SSSR count). The number of pyridine rings is 2. The zero-order chi connectivity index (χ0) is 27.1. The summed E-state index contributed by atoms with van der Waals surface area (Å²) < 4.78 is 12.1. The standard InChI is InChI=1S/C29H37N3O5/c1-18(2)12-24(32-11-10-19(3)13-26(32)33)29(35)31-23(15-27(34)37-6)21-14-22(17-30-16-21)28-20(4)8-7-9-25(28)36-5/h7-11,13-14,16-18,23-24,29,31,35H,12,15H2,1-6H3/t23-,24?,29?/m0/s1. The van der Waals surface area contributed by atoms with E-state index >= 15 is 0 Å². The van der Waals surface area contributed by atoms with Crippen LogP contribution in [0, 0.1) is 19.8 Å². The molecule has 0 saturated carbocycles. The summed E-state index contributed by atoms with van der Waals surface area (Å²) in [5, 5.41) is 14.6. The molecule has 37 heavy (non-hydrogen) atoms. The van der Waals surface area contributed by atoms with E-state index in [1.54, 1.807) is 36.3 Å². The summed E-state index contributed by atoms with van der Waals surface area (Å²) in [6.45, 7) is 7.92. The van der Waals surface area contributed by atoms with E-state index in [0.29, 0.717) is 17.7 Å². The van der Waals surface area contributed by atoms with Crippen LogP contribution in [0.4, 0.5) is 0 Å². The van der Waals surface area contributed by atoms with Crippen LogP contribution in [0.5, 0.6) is 5.75 Å². The van der Waals surface area contributed by atoms with Gasteiger partial charge in [0.15, 0.2) is 0 Å². The Bertz CT molecular complexity index is 1270. The number of carbonyl (C=O) groups excluding carboxylic acids is 1. The number of hydrogen-bond donors (Lipinski definition) is 2. The number of ether oxygens (including phenoxy) is 2. The van der Waals surface area contributed by atoms with Crippen LogP contribution in [-0.4, -0.2) is 41.1 Å². The Morgan fingerprint density at radius 2 is 1.89 bits per heavy atom.